The lowest BCUT2D eigenvalue weighted by atomic mass is 10.0. The zero-order chi connectivity index (χ0) is 19.7. The van der Waals surface area contributed by atoms with Crippen LogP contribution < -0.4 is 21.3 Å². The predicted molar refractivity (Wildman–Crippen MR) is 102 cm³/mol. The maximum absolute atomic E-state index is 12.7. The molecule has 0 bridgehead atoms. The molecule has 4 N–H and O–H groups in total. The Kier molecular flexibility index (Phi) is 9.05. The van der Waals surface area contributed by atoms with E-state index in [2.05, 4.69) is 21.3 Å². The smallest absolute Gasteiger partial charge is 0.247 e. The fraction of sp³-hybridized carbons (Fsp3) is 0.632. The summed E-state index contributed by atoms with van der Waals surface area (Å²) in [6, 6.07) is -1.44. The standard InChI is InChI=1S/C19H32N4O3/c1-12(2)14-9-10-16(24)21-11-7-6-8-15(18(25)22-14)23-19(26)17(20-5)13(3)4/h6,8-10,12-15,17,20H,7,11H2,1-5H3,(H,21,24)(H,22,25)(H,23,26). The molecular formula is C19H32N4O3. The molecule has 1 heterocycles. The Morgan fingerprint density at radius 1 is 1.19 bits per heavy atom. The van der Waals surface area contributed by atoms with Gasteiger partial charge in [0, 0.05) is 18.7 Å². The molecule has 3 atom stereocenters. The number of carbonyl (C=O) groups excluding carboxylic acids is 3. The molecule has 146 valence electrons. The van der Waals surface area contributed by atoms with Gasteiger partial charge in [0.05, 0.1) is 6.04 Å². The SMILES string of the molecule is CNC(C(=O)NC1C=CCCNC(=O)C=CC(C(C)C)NC1=O)C(C)C. The van der Waals surface area contributed by atoms with Crippen molar-refractivity contribution in [3.05, 3.63) is 24.3 Å². The van der Waals surface area contributed by atoms with Crippen LogP contribution in [0.25, 0.3) is 0 Å². The first-order valence-electron chi connectivity index (χ1n) is 9.17. The third-order valence-corrected chi connectivity index (χ3v) is 4.26. The number of hydrogen-bond donors (Lipinski definition) is 4. The van der Waals surface area contributed by atoms with Crippen LogP contribution in [0, 0.1) is 11.8 Å². The predicted octanol–water partition coefficient (Wildman–Crippen LogP) is 0.488. The zero-order valence-electron chi connectivity index (χ0n) is 16.3. The van der Waals surface area contributed by atoms with Crippen LogP contribution in [0.15, 0.2) is 24.3 Å². The van der Waals surface area contributed by atoms with E-state index >= 15 is 0 Å². The topological polar surface area (TPSA) is 99.3 Å². The number of amides is 3. The highest BCUT2D eigenvalue weighted by Gasteiger charge is 2.26. The first kappa shape index (κ1) is 21.9. The van der Waals surface area contributed by atoms with Crippen molar-refractivity contribution in [3.63, 3.8) is 0 Å². The van der Waals surface area contributed by atoms with Crippen LogP contribution in [0.2, 0.25) is 0 Å². The van der Waals surface area contributed by atoms with Crippen molar-refractivity contribution >= 4 is 17.7 Å². The highest BCUT2D eigenvalue weighted by molar-refractivity contribution is 5.92. The van der Waals surface area contributed by atoms with Crippen LogP contribution in [-0.4, -0.2) is 49.4 Å². The van der Waals surface area contributed by atoms with Crippen LogP contribution in [0.3, 0.4) is 0 Å². The lowest BCUT2D eigenvalue weighted by Gasteiger charge is -2.25. The third kappa shape index (κ3) is 7.00. The molecule has 3 amide bonds. The Morgan fingerprint density at radius 2 is 1.88 bits per heavy atom. The van der Waals surface area contributed by atoms with Gasteiger partial charge in [-0.25, -0.2) is 0 Å². The number of rotatable bonds is 5. The molecule has 1 aliphatic heterocycles. The van der Waals surface area contributed by atoms with Crippen molar-refractivity contribution in [2.45, 2.75) is 52.2 Å². The summed E-state index contributed by atoms with van der Waals surface area (Å²) in [5, 5.41) is 11.5. The molecule has 1 rings (SSSR count). The molecule has 7 heteroatoms. The largest absolute Gasteiger partial charge is 0.352 e. The van der Waals surface area contributed by atoms with E-state index in [4.69, 9.17) is 0 Å². The van der Waals surface area contributed by atoms with Crippen molar-refractivity contribution in [1.82, 2.24) is 21.3 Å². The van der Waals surface area contributed by atoms with Crippen molar-refractivity contribution < 1.29 is 14.4 Å². The van der Waals surface area contributed by atoms with Gasteiger partial charge in [-0.1, -0.05) is 45.9 Å². The first-order chi connectivity index (χ1) is 12.3. The maximum atomic E-state index is 12.7. The van der Waals surface area contributed by atoms with E-state index in [9.17, 15) is 14.4 Å². The van der Waals surface area contributed by atoms with Gasteiger partial charge in [-0.05, 0) is 25.3 Å². The van der Waals surface area contributed by atoms with E-state index in [1.807, 2.05) is 27.7 Å². The van der Waals surface area contributed by atoms with Gasteiger partial charge in [0.25, 0.3) is 0 Å². The summed E-state index contributed by atoms with van der Waals surface area (Å²) in [7, 11) is 1.73. The highest BCUT2D eigenvalue weighted by Crippen LogP contribution is 2.06. The van der Waals surface area contributed by atoms with Gasteiger partial charge in [-0.2, -0.15) is 0 Å². The Balaban J connectivity index is 2.97. The van der Waals surface area contributed by atoms with Gasteiger partial charge < -0.3 is 21.3 Å². The van der Waals surface area contributed by atoms with Gasteiger partial charge in [0.2, 0.25) is 17.7 Å². The van der Waals surface area contributed by atoms with Crippen LogP contribution in [0.5, 0.6) is 0 Å². The Morgan fingerprint density at radius 3 is 2.46 bits per heavy atom. The molecule has 0 saturated carbocycles. The van der Waals surface area contributed by atoms with Gasteiger partial charge in [-0.15, -0.1) is 0 Å². The highest BCUT2D eigenvalue weighted by atomic mass is 16.2. The van der Waals surface area contributed by atoms with Gasteiger partial charge >= 0.3 is 0 Å². The molecule has 3 unspecified atom stereocenters. The summed E-state index contributed by atoms with van der Waals surface area (Å²) in [5.41, 5.74) is 0. The molecule has 0 fully saturated rings. The quantitative estimate of drug-likeness (QED) is 0.534. The average Bonchev–Trinajstić information content (AvgIpc) is 2.55. The summed E-state index contributed by atoms with van der Waals surface area (Å²) in [4.78, 5) is 36.9. The molecule has 0 radical (unpaired) electrons. The van der Waals surface area contributed by atoms with E-state index in [1.54, 1.807) is 25.3 Å². The second-order valence-corrected chi connectivity index (χ2v) is 7.14. The van der Waals surface area contributed by atoms with E-state index in [0.717, 1.165) is 0 Å². The fourth-order valence-electron chi connectivity index (χ4n) is 2.66. The van der Waals surface area contributed by atoms with Crippen molar-refractivity contribution in [1.29, 1.82) is 0 Å². The van der Waals surface area contributed by atoms with Gasteiger partial charge in [-0.3, -0.25) is 14.4 Å². The van der Waals surface area contributed by atoms with E-state index in [0.29, 0.717) is 13.0 Å². The molecular weight excluding hydrogens is 332 g/mol. The van der Waals surface area contributed by atoms with E-state index in [1.165, 1.54) is 6.08 Å². The summed E-state index contributed by atoms with van der Waals surface area (Å²) >= 11 is 0. The van der Waals surface area contributed by atoms with Crippen molar-refractivity contribution in [2.75, 3.05) is 13.6 Å². The minimum atomic E-state index is -0.762. The molecule has 0 aliphatic carbocycles. The summed E-state index contributed by atoms with van der Waals surface area (Å²) in [6.45, 7) is 8.27. The average molecular weight is 364 g/mol. The lowest BCUT2D eigenvalue weighted by Crippen LogP contribution is -2.54. The zero-order valence-corrected chi connectivity index (χ0v) is 16.3. The summed E-state index contributed by atoms with van der Waals surface area (Å²) < 4.78 is 0. The number of nitrogens with one attached hydrogen (secondary N) is 4. The van der Waals surface area contributed by atoms with Crippen molar-refractivity contribution in [3.8, 4) is 0 Å². The molecule has 0 saturated heterocycles. The molecule has 0 aromatic carbocycles. The first-order valence-corrected chi connectivity index (χ1v) is 9.17. The van der Waals surface area contributed by atoms with Crippen molar-refractivity contribution in [2.24, 2.45) is 11.8 Å². The summed E-state index contributed by atoms with van der Waals surface area (Å²) in [5.74, 6) is -0.494. The molecule has 26 heavy (non-hydrogen) atoms. The lowest BCUT2D eigenvalue weighted by molar-refractivity contribution is -0.129. The van der Waals surface area contributed by atoms with Crippen LogP contribution in [0.4, 0.5) is 0 Å². The van der Waals surface area contributed by atoms with Gasteiger partial charge in [0.15, 0.2) is 0 Å². The van der Waals surface area contributed by atoms with Crippen LogP contribution in [0.1, 0.15) is 34.1 Å². The second-order valence-electron chi connectivity index (χ2n) is 7.14. The molecule has 0 spiro atoms. The minimum Gasteiger partial charge on any atom is -0.352 e. The third-order valence-electron chi connectivity index (χ3n) is 4.26. The van der Waals surface area contributed by atoms with Gasteiger partial charge in [0.1, 0.15) is 6.04 Å². The van der Waals surface area contributed by atoms with E-state index < -0.39 is 6.04 Å². The normalized spacial score (nSPS) is 23.0. The monoisotopic (exact) mass is 364 g/mol. The molecule has 7 nitrogen and oxygen atoms in total. The molecule has 1 aliphatic rings. The second kappa shape index (κ2) is 10.8. The van der Waals surface area contributed by atoms with Crippen LogP contribution >= 0.6 is 0 Å². The molecule has 0 aromatic rings. The van der Waals surface area contributed by atoms with E-state index in [-0.39, 0.29) is 41.6 Å². The maximum Gasteiger partial charge on any atom is 0.247 e. The summed E-state index contributed by atoms with van der Waals surface area (Å²) in [6.07, 6.45) is 7.18. The molecule has 0 aromatic heterocycles. The number of hydrogen-bond acceptors (Lipinski definition) is 4. The Bertz CT molecular complexity index is 555. The fourth-order valence-corrected chi connectivity index (χ4v) is 2.66. The Labute approximate surface area is 156 Å². The Hall–Kier alpha value is -2.15. The number of likely N-dealkylation sites (N-methyl/N-ethyl adjacent to an activating group) is 1. The number of carbonyl (C=O) groups is 3. The van der Waals surface area contributed by atoms with Crippen LogP contribution in [-0.2, 0) is 14.4 Å². The minimum absolute atomic E-state index is 0.0971.